The molecule has 0 atom stereocenters. The van der Waals surface area contributed by atoms with Crippen LogP contribution in [0.5, 0.6) is 0 Å². The second-order valence-electron chi connectivity index (χ2n) is 3.92. The average Bonchev–Trinajstić information content (AvgIpc) is 2.15. The van der Waals surface area contributed by atoms with E-state index >= 15 is 0 Å². The van der Waals surface area contributed by atoms with Gasteiger partial charge in [0, 0.05) is 19.3 Å². The third-order valence-electron chi connectivity index (χ3n) is 2.96. The number of rotatable bonds is 3. The zero-order valence-corrected chi connectivity index (χ0v) is 10.5. The molecule has 0 spiro atoms. The van der Waals surface area contributed by atoms with Crippen molar-refractivity contribution in [3.63, 3.8) is 0 Å². The van der Waals surface area contributed by atoms with Gasteiger partial charge in [0.2, 0.25) is 10.0 Å². The normalized spacial score (nSPS) is 17.4. The molecule has 0 aliphatic heterocycles. The van der Waals surface area contributed by atoms with Crippen molar-refractivity contribution in [1.29, 1.82) is 0 Å². The van der Waals surface area contributed by atoms with Crippen molar-refractivity contribution in [3.8, 4) is 0 Å². The maximum atomic E-state index is 12.2. The molecule has 0 unspecified atom stereocenters. The predicted molar refractivity (Wildman–Crippen MR) is 61.8 cm³/mol. The number of pyridine rings is 1. The predicted octanol–water partition coefficient (Wildman–Crippen LogP) is 1.91. The molecule has 1 aliphatic rings. The second kappa shape index (κ2) is 4.31. The zero-order chi connectivity index (χ0) is 11.8. The third kappa shape index (κ3) is 2.07. The molecule has 2 rings (SSSR count). The van der Waals surface area contributed by atoms with Crippen molar-refractivity contribution >= 4 is 21.6 Å². The minimum atomic E-state index is -3.41. The van der Waals surface area contributed by atoms with Crippen molar-refractivity contribution in [1.82, 2.24) is 9.29 Å². The monoisotopic (exact) mass is 260 g/mol. The minimum absolute atomic E-state index is 0.136. The Morgan fingerprint density at radius 2 is 2.19 bits per heavy atom. The number of hydrogen-bond acceptors (Lipinski definition) is 3. The standard InChI is InChI=1S/C10H13ClN2O2S/c1-13(8-3-2-4-8)16(14,15)9-5-6-12-10(11)7-9/h5-8H,2-4H2,1H3. The maximum Gasteiger partial charge on any atom is 0.243 e. The van der Waals surface area contributed by atoms with E-state index in [1.165, 1.54) is 22.6 Å². The lowest BCUT2D eigenvalue weighted by atomic mass is 9.94. The highest BCUT2D eigenvalue weighted by molar-refractivity contribution is 7.89. The average molecular weight is 261 g/mol. The molecule has 1 fully saturated rings. The van der Waals surface area contributed by atoms with Crippen LogP contribution in [0.15, 0.2) is 23.2 Å². The van der Waals surface area contributed by atoms with Gasteiger partial charge >= 0.3 is 0 Å². The van der Waals surface area contributed by atoms with Gasteiger partial charge in [0.25, 0.3) is 0 Å². The Hall–Kier alpha value is -0.650. The van der Waals surface area contributed by atoms with E-state index in [1.807, 2.05) is 0 Å². The molecular formula is C10H13ClN2O2S. The molecule has 1 heterocycles. The number of aromatic nitrogens is 1. The summed E-state index contributed by atoms with van der Waals surface area (Å²) in [5.41, 5.74) is 0. The molecule has 1 aromatic heterocycles. The van der Waals surface area contributed by atoms with Gasteiger partial charge in [-0.15, -0.1) is 0 Å². The number of sulfonamides is 1. The summed E-state index contributed by atoms with van der Waals surface area (Å²) in [5, 5.41) is 0.197. The first-order valence-electron chi connectivity index (χ1n) is 5.11. The third-order valence-corrected chi connectivity index (χ3v) is 5.08. The molecule has 88 valence electrons. The Morgan fingerprint density at radius 1 is 1.50 bits per heavy atom. The summed E-state index contributed by atoms with van der Waals surface area (Å²) in [6.07, 6.45) is 4.38. The number of hydrogen-bond donors (Lipinski definition) is 0. The molecule has 0 aromatic carbocycles. The molecule has 1 aliphatic carbocycles. The molecule has 1 aromatic rings. The van der Waals surface area contributed by atoms with Gasteiger partial charge in [0.15, 0.2) is 0 Å². The van der Waals surface area contributed by atoms with Crippen molar-refractivity contribution < 1.29 is 8.42 Å². The van der Waals surface area contributed by atoms with Crippen molar-refractivity contribution in [2.24, 2.45) is 0 Å². The van der Waals surface area contributed by atoms with E-state index in [2.05, 4.69) is 4.98 Å². The molecule has 1 saturated carbocycles. The number of nitrogens with zero attached hydrogens (tertiary/aromatic N) is 2. The van der Waals surface area contributed by atoms with E-state index in [-0.39, 0.29) is 16.1 Å². The van der Waals surface area contributed by atoms with Gasteiger partial charge in [0.1, 0.15) is 5.15 Å². The smallest absolute Gasteiger partial charge is 0.243 e. The Balaban J connectivity index is 2.30. The summed E-state index contributed by atoms with van der Waals surface area (Å²) in [7, 11) is -1.79. The van der Waals surface area contributed by atoms with Crippen LogP contribution in [0.4, 0.5) is 0 Å². The van der Waals surface area contributed by atoms with Gasteiger partial charge in [-0.05, 0) is 25.0 Å². The van der Waals surface area contributed by atoms with Crippen LogP contribution >= 0.6 is 11.6 Å². The highest BCUT2D eigenvalue weighted by Crippen LogP contribution is 2.28. The van der Waals surface area contributed by atoms with E-state index < -0.39 is 10.0 Å². The van der Waals surface area contributed by atoms with Crippen molar-refractivity contribution in [3.05, 3.63) is 23.5 Å². The Morgan fingerprint density at radius 3 is 2.69 bits per heavy atom. The van der Waals surface area contributed by atoms with E-state index in [0.29, 0.717) is 0 Å². The highest BCUT2D eigenvalue weighted by Gasteiger charge is 2.31. The van der Waals surface area contributed by atoms with Crippen LogP contribution in [-0.4, -0.2) is 30.8 Å². The van der Waals surface area contributed by atoms with Crippen LogP contribution in [0.2, 0.25) is 5.15 Å². The summed E-state index contributed by atoms with van der Waals surface area (Å²) < 4.78 is 25.7. The first-order chi connectivity index (χ1) is 7.51. The topological polar surface area (TPSA) is 50.3 Å². The molecule has 0 bridgehead atoms. The summed E-state index contributed by atoms with van der Waals surface area (Å²) in [6.45, 7) is 0. The molecule has 0 amide bonds. The van der Waals surface area contributed by atoms with E-state index in [9.17, 15) is 8.42 Å². The largest absolute Gasteiger partial charge is 0.244 e. The van der Waals surface area contributed by atoms with Gasteiger partial charge in [-0.2, -0.15) is 4.31 Å². The molecule has 4 nitrogen and oxygen atoms in total. The van der Waals surface area contributed by atoms with Crippen LogP contribution in [0.25, 0.3) is 0 Å². The summed E-state index contributed by atoms with van der Waals surface area (Å²) in [6, 6.07) is 2.99. The zero-order valence-electron chi connectivity index (χ0n) is 8.93. The first kappa shape index (κ1) is 11.8. The van der Waals surface area contributed by atoms with E-state index in [4.69, 9.17) is 11.6 Å². The molecule has 0 saturated heterocycles. The van der Waals surface area contributed by atoms with Crippen molar-refractivity contribution in [2.45, 2.75) is 30.2 Å². The number of halogens is 1. The molecule has 0 radical (unpaired) electrons. The van der Waals surface area contributed by atoms with Gasteiger partial charge in [0.05, 0.1) is 4.90 Å². The second-order valence-corrected chi connectivity index (χ2v) is 6.30. The van der Waals surface area contributed by atoms with Crippen LogP contribution in [0.1, 0.15) is 19.3 Å². The van der Waals surface area contributed by atoms with Gasteiger partial charge in [-0.1, -0.05) is 18.0 Å². The first-order valence-corrected chi connectivity index (χ1v) is 6.93. The Kier molecular flexibility index (Phi) is 3.19. The molecule has 6 heteroatoms. The lowest BCUT2D eigenvalue weighted by Crippen LogP contribution is -2.41. The maximum absolute atomic E-state index is 12.2. The van der Waals surface area contributed by atoms with Crippen LogP contribution in [-0.2, 0) is 10.0 Å². The van der Waals surface area contributed by atoms with Crippen LogP contribution in [0.3, 0.4) is 0 Å². The fourth-order valence-electron chi connectivity index (χ4n) is 1.66. The Labute approximate surface area is 100 Å². The Bertz CT molecular complexity index is 485. The van der Waals surface area contributed by atoms with Crippen molar-refractivity contribution in [2.75, 3.05) is 7.05 Å². The lowest BCUT2D eigenvalue weighted by Gasteiger charge is -2.33. The quantitative estimate of drug-likeness (QED) is 0.780. The van der Waals surface area contributed by atoms with Gasteiger partial charge in [-0.3, -0.25) is 0 Å². The lowest BCUT2D eigenvalue weighted by molar-refractivity contribution is 0.249. The summed E-state index contributed by atoms with van der Waals surface area (Å²) >= 11 is 5.69. The molecule has 16 heavy (non-hydrogen) atoms. The minimum Gasteiger partial charge on any atom is -0.244 e. The molecule has 0 N–H and O–H groups in total. The summed E-state index contributed by atoms with van der Waals surface area (Å²) in [5.74, 6) is 0. The highest BCUT2D eigenvalue weighted by atomic mass is 35.5. The SMILES string of the molecule is CN(C1CCC1)S(=O)(=O)c1ccnc(Cl)c1. The van der Waals surface area contributed by atoms with E-state index in [1.54, 1.807) is 7.05 Å². The van der Waals surface area contributed by atoms with Gasteiger partial charge in [-0.25, -0.2) is 13.4 Å². The molecular weight excluding hydrogens is 248 g/mol. The summed E-state index contributed by atoms with van der Waals surface area (Å²) in [4.78, 5) is 3.98. The van der Waals surface area contributed by atoms with Crippen LogP contribution in [0, 0.1) is 0 Å². The van der Waals surface area contributed by atoms with Gasteiger partial charge < -0.3 is 0 Å². The fourth-order valence-corrected chi connectivity index (χ4v) is 3.33. The van der Waals surface area contributed by atoms with Crippen LogP contribution < -0.4 is 0 Å². The fraction of sp³-hybridized carbons (Fsp3) is 0.500. The van der Waals surface area contributed by atoms with E-state index in [0.717, 1.165) is 19.3 Å².